The molecule has 20 heavy (non-hydrogen) atoms. The van der Waals surface area contributed by atoms with E-state index >= 15 is 0 Å². The molecule has 0 bridgehead atoms. The van der Waals surface area contributed by atoms with Crippen LogP contribution in [0.25, 0.3) is 15.9 Å². The summed E-state index contributed by atoms with van der Waals surface area (Å²) in [5.41, 5.74) is 2.15. The number of thiophene rings is 1. The predicted octanol–water partition coefficient (Wildman–Crippen LogP) is 2.75. The van der Waals surface area contributed by atoms with Gasteiger partial charge in [-0.05, 0) is 19.4 Å². The van der Waals surface area contributed by atoms with Crippen molar-refractivity contribution in [2.24, 2.45) is 0 Å². The van der Waals surface area contributed by atoms with Gasteiger partial charge in [0.15, 0.2) is 11.5 Å². The van der Waals surface area contributed by atoms with Crippen LogP contribution in [0, 0.1) is 0 Å². The van der Waals surface area contributed by atoms with Gasteiger partial charge in [0.05, 0.1) is 17.6 Å². The van der Waals surface area contributed by atoms with Gasteiger partial charge in [0.1, 0.15) is 11.2 Å². The minimum Gasteiger partial charge on any atom is -0.370 e. The molecule has 0 saturated heterocycles. The molecule has 6 heteroatoms. The van der Waals surface area contributed by atoms with Gasteiger partial charge in [-0.2, -0.15) is 0 Å². The van der Waals surface area contributed by atoms with E-state index in [0.717, 1.165) is 34.5 Å². The zero-order valence-electron chi connectivity index (χ0n) is 11.8. The van der Waals surface area contributed by atoms with Crippen LogP contribution in [0.15, 0.2) is 6.33 Å². The normalized spacial score (nSPS) is 17.8. The van der Waals surface area contributed by atoms with Crippen LogP contribution in [0.4, 0.5) is 0 Å². The van der Waals surface area contributed by atoms with Crippen molar-refractivity contribution in [2.45, 2.75) is 45.8 Å². The fraction of sp³-hybridized carbons (Fsp3) is 0.500. The summed E-state index contributed by atoms with van der Waals surface area (Å²) < 4.78 is 7.70. The Morgan fingerprint density at radius 2 is 2.30 bits per heavy atom. The summed E-state index contributed by atoms with van der Waals surface area (Å²) in [4.78, 5) is 11.5. The summed E-state index contributed by atoms with van der Waals surface area (Å²) in [6, 6.07) is 0. The van der Waals surface area contributed by atoms with E-state index in [9.17, 15) is 0 Å². The first-order valence-corrected chi connectivity index (χ1v) is 7.67. The summed E-state index contributed by atoms with van der Waals surface area (Å²) >= 11 is 1.71. The molecule has 3 aromatic rings. The molecule has 1 aliphatic heterocycles. The van der Waals surface area contributed by atoms with Gasteiger partial charge < -0.3 is 4.74 Å². The highest BCUT2D eigenvalue weighted by molar-refractivity contribution is 7.19. The number of fused-ring (bicyclic) bond motifs is 5. The van der Waals surface area contributed by atoms with Crippen molar-refractivity contribution in [1.82, 2.24) is 19.6 Å². The molecule has 104 valence electrons. The number of hydrogen-bond acceptors (Lipinski definition) is 5. The fourth-order valence-corrected chi connectivity index (χ4v) is 3.80. The molecule has 0 atom stereocenters. The molecule has 0 aromatic carbocycles. The molecule has 0 N–H and O–H groups in total. The van der Waals surface area contributed by atoms with Crippen molar-refractivity contribution in [3.63, 3.8) is 0 Å². The smallest absolute Gasteiger partial charge is 0.167 e. The van der Waals surface area contributed by atoms with Crippen LogP contribution in [0.5, 0.6) is 0 Å². The molecule has 0 radical (unpaired) electrons. The SMILES string of the molecule is CCc1nc2c3c4c(sc3ncn2n1)COC(C)(C)C4. The number of aromatic nitrogens is 4. The van der Waals surface area contributed by atoms with Crippen molar-refractivity contribution in [3.8, 4) is 0 Å². The van der Waals surface area contributed by atoms with Gasteiger partial charge in [-0.3, -0.25) is 0 Å². The van der Waals surface area contributed by atoms with Gasteiger partial charge in [0.25, 0.3) is 0 Å². The Balaban J connectivity index is 2.06. The van der Waals surface area contributed by atoms with Crippen molar-refractivity contribution in [1.29, 1.82) is 0 Å². The van der Waals surface area contributed by atoms with Gasteiger partial charge in [-0.25, -0.2) is 14.5 Å². The summed E-state index contributed by atoms with van der Waals surface area (Å²) in [5.74, 6) is 0.866. The lowest BCUT2D eigenvalue weighted by Crippen LogP contribution is -2.31. The largest absolute Gasteiger partial charge is 0.370 e. The van der Waals surface area contributed by atoms with E-state index in [2.05, 4.69) is 35.8 Å². The molecule has 3 aromatic heterocycles. The molecule has 0 fully saturated rings. The molecular formula is C14H16N4OS. The number of nitrogens with zero attached hydrogens (tertiary/aromatic N) is 4. The minimum atomic E-state index is -0.124. The molecule has 0 aliphatic carbocycles. The molecule has 0 unspecified atom stereocenters. The van der Waals surface area contributed by atoms with Gasteiger partial charge in [0, 0.05) is 17.7 Å². The zero-order valence-corrected chi connectivity index (χ0v) is 12.6. The monoisotopic (exact) mass is 288 g/mol. The number of ether oxygens (including phenoxy) is 1. The molecule has 5 nitrogen and oxygen atoms in total. The third-order valence-electron chi connectivity index (χ3n) is 3.77. The van der Waals surface area contributed by atoms with Crippen LogP contribution < -0.4 is 0 Å². The maximum Gasteiger partial charge on any atom is 0.167 e. The third kappa shape index (κ3) is 1.68. The first-order valence-electron chi connectivity index (χ1n) is 6.86. The van der Waals surface area contributed by atoms with E-state index in [4.69, 9.17) is 4.74 Å². The topological polar surface area (TPSA) is 52.3 Å². The maximum atomic E-state index is 5.90. The summed E-state index contributed by atoms with van der Waals surface area (Å²) in [7, 11) is 0. The maximum absolute atomic E-state index is 5.90. The summed E-state index contributed by atoms with van der Waals surface area (Å²) in [5, 5.41) is 5.63. The van der Waals surface area contributed by atoms with Crippen molar-refractivity contribution in [2.75, 3.05) is 0 Å². The lowest BCUT2D eigenvalue weighted by atomic mass is 9.94. The predicted molar refractivity (Wildman–Crippen MR) is 78.1 cm³/mol. The molecule has 0 saturated carbocycles. The van der Waals surface area contributed by atoms with E-state index in [0.29, 0.717) is 6.61 Å². The molecular weight excluding hydrogens is 272 g/mol. The van der Waals surface area contributed by atoms with E-state index in [-0.39, 0.29) is 5.60 Å². The van der Waals surface area contributed by atoms with Crippen molar-refractivity contribution >= 4 is 27.2 Å². The Morgan fingerprint density at radius 3 is 3.10 bits per heavy atom. The molecule has 1 aliphatic rings. The standard InChI is InChI=1S/C14H16N4OS/c1-4-10-16-12-11-8-5-14(2,3)19-6-9(8)20-13(11)15-7-18(12)17-10/h7H,4-6H2,1-3H3. The number of aryl methyl sites for hydroxylation is 1. The first kappa shape index (κ1) is 12.2. The van der Waals surface area contributed by atoms with Crippen molar-refractivity contribution < 1.29 is 4.74 Å². The summed E-state index contributed by atoms with van der Waals surface area (Å²) in [6.45, 7) is 7.01. The molecule has 0 amide bonds. The molecule has 4 heterocycles. The van der Waals surface area contributed by atoms with E-state index < -0.39 is 0 Å². The average molecular weight is 288 g/mol. The third-order valence-corrected chi connectivity index (χ3v) is 4.88. The van der Waals surface area contributed by atoms with Crippen molar-refractivity contribution in [3.05, 3.63) is 22.6 Å². The van der Waals surface area contributed by atoms with Gasteiger partial charge in [0.2, 0.25) is 0 Å². The lowest BCUT2D eigenvalue weighted by Gasteiger charge is -2.30. The van der Waals surface area contributed by atoms with Gasteiger partial charge in [-0.1, -0.05) is 6.92 Å². The molecule has 0 spiro atoms. The van der Waals surface area contributed by atoms with Gasteiger partial charge in [-0.15, -0.1) is 16.4 Å². The highest BCUT2D eigenvalue weighted by atomic mass is 32.1. The van der Waals surface area contributed by atoms with Gasteiger partial charge >= 0.3 is 0 Å². The fourth-order valence-electron chi connectivity index (χ4n) is 2.74. The number of hydrogen-bond donors (Lipinski definition) is 0. The second-order valence-electron chi connectivity index (χ2n) is 5.80. The number of rotatable bonds is 1. The minimum absolute atomic E-state index is 0.124. The second-order valence-corrected chi connectivity index (χ2v) is 6.89. The average Bonchev–Trinajstić information content (AvgIpc) is 2.97. The van der Waals surface area contributed by atoms with E-state index in [1.54, 1.807) is 22.2 Å². The van der Waals surface area contributed by atoms with Crippen LogP contribution in [0.2, 0.25) is 0 Å². The second kappa shape index (κ2) is 3.99. The Kier molecular flexibility index (Phi) is 2.44. The van der Waals surface area contributed by atoms with Crippen LogP contribution in [-0.2, 0) is 24.2 Å². The Labute approximate surface area is 120 Å². The zero-order chi connectivity index (χ0) is 13.9. The van der Waals surface area contributed by atoms with Crippen LogP contribution in [0.1, 0.15) is 37.0 Å². The Bertz CT molecular complexity index is 817. The highest BCUT2D eigenvalue weighted by Crippen LogP contribution is 2.39. The van der Waals surface area contributed by atoms with Crippen LogP contribution in [0.3, 0.4) is 0 Å². The van der Waals surface area contributed by atoms with E-state index in [1.807, 2.05) is 0 Å². The quantitative estimate of drug-likeness (QED) is 0.691. The van der Waals surface area contributed by atoms with E-state index in [1.165, 1.54) is 10.4 Å². The van der Waals surface area contributed by atoms with Crippen LogP contribution >= 0.6 is 11.3 Å². The molecule has 4 rings (SSSR count). The Hall–Kier alpha value is -1.53. The van der Waals surface area contributed by atoms with Crippen LogP contribution in [-0.4, -0.2) is 25.2 Å². The Morgan fingerprint density at radius 1 is 1.45 bits per heavy atom. The summed E-state index contributed by atoms with van der Waals surface area (Å²) in [6.07, 6.45) is 3.50. The lowest BCUT2D eigenvalue weighted by molar-refractivity contribution is -0.0379. The first-order chi connectivity index (χ1) is 9.57. The highest BCUT2D eigenvalue weighted by Gasteiger charge is 2.30.